The number of nitrogens with one attached hydrogen (secondary N) is 2. The highest BCUT2D eigenvalue weighted by molar-refractivity contribution is 7.09. The third-order valence-electron chi connectivity index (χ3n) is 8.46. The number of hydrogen-bond acceptors (Lipinski definition) is 6. The molecule has 0 aliphatic rings. The van der Waals surface area contributed by atoms with Gasteiger partial charge in [-0.3, -0.25) is 19.4 Å². The van der Waals surface area contributed by atoms with Gasteiger partial charge in [-0.05, 0) is 85.3 Å². The molecule has 0 saturated carbocycles. The third-order valence-corrected chi connectivity index (χ3v) is 9.36. The van der Waals surface area contributed by atoms with Crippen molar-refractivity contribution < 1.29 is 14.4 Å². The van der Waals surface area contributed by atoms with Crippen molar-refractivity contribution in [3.63, 3.8) is 0 Å². The molecule has 4 aromatic rings. The minimum atomic E-state index is -0.823. The molecule has 0 radical (unpaired) electrons. The van der Waals surface area contributed by atoms with Crippen molar-refractivity contribution in [3.05, 3.63) is 113 Å². The van der Waals surface area contributed by atoms with Crippen LogP contribution in [0.4, 0.5) is 0 Å². The van der Waals surface area contributed by atoms with Crippen molar-refractivity contribution in [1.82, 2.24) is 25.4 Å². The summed E-state index contributed by atoms with van der Waals surface area (Å²) in [5.74, 6) is -0.791. The molecule has 242 valence electrons. The van der Waals surface area contributed by atoms with Gasteiger partial charge in [-0.2, -0.15) is 0 Å². The van der Waals surface area contributed by atoms with Gasteiger partial charge >= 0.3 is 0 Å². The molecule has 4 rings (SSSR count). The van der Waals surface area contributed by atoms with Gasteiger partial charge in [0.1, 0.15) is 12.1 Å². The number of fused-ring (bicyclic) bond motifs is 1. The van der Waals surface area contributed by atoms with Crippen molar-refractivity contribution in [1.29, 1.82) is 0 Å². The molecule has 2 N–H and O–H groups in total. The number of carbonyl (C=O) groups is 3. The number of benzene rings is 2. The van der Waals surface area contributed by atoms with E-state index < -0.39 is 12.1 Å². The van der Waals surface area contributed by atoms with Crippen molar-refractivity contribution in [2.75, 3.05) is 27.7 Å². The normalized spacial score (nSPS) is 13.0. The van der Waals surface area contributed by atoms with Gasteiger partial charge in [0.15, 0.2) is 0 Å². The standard InChI is InChI=1S/C37H45N5O3S/c1-37(2,38-3)19-8-13-34(43)41(4)33(25-28-14-15-29-10-6-7-11-30(29)24-28)36(45)42(5)32(26-31-12-9-23-46-31)35(44)40-22-18-27-16-20-39-21-17-27/h6-17,20-21,23-24,32-33,38H,18-19,22,25-26H2,1-5H3,(H,40,44)/b13-8+. The summed E-state index contributed by atoms with van der Waals surface area (Å²) in [5, 5.41) is 10.4. The van der Waals surface area contributed by atoms with Crippen molar-refractivity contribution >= 4 is 39.8 Å². The molecular formula is C37H45N5O3S. The number of pyridine rings is 1. The number of aromatic nitrogens is 1. The second-order valence-electron chi connectivity index (χ2n) is 12.2. The maximum atomic E-state index is 14.4. The second-order valence-corrected chi connectivity index (χ2v) is 13.3. The van der Waals surface area contributed by atoms with Gasteiger partial charge in [0.05, 0.1) is 0 Å². The van der Waals surface area contributed by atoms with Crippen LogP contribution in [0.3, 0.4) is 0 Å². The Labute approximate surface area is 276 Å². The molecule has 0 aliphatic heterocycles. The molecule has 3 amide bonds. The molecule has 0 bridgehead atoms. The summed E-state index contributed by atoms with van der Waals surface area (Å²) in [5.41, 5.74) is 1.83. The Bertz CT molecular complexity index is 1620. The van der Waals surface area contributed by atoms with E-state index in [1.165, 1.54) is 15.9 Å². The topological polar surface area (TPSA) is 94.6 Å². The zero-order valence-corrected chi connectivity index (χ0v) is 28.2. The van der Waals surface area contributed by atoms with Gasteiger partial charge < -0.3 is 20.4 Å². The van der Waals surface area contributed by atoms with Crippen molar-refractivity contribution in [2.45, 2.75) is 57.2 Å². The minimum absolute atomic E-state index is 0.171. The first kappa shape index (κ1) is 34.5. The smallest absolute Gasteiger partial charge is 0.246 e. The van der Waals surface area contributed by atoms with Crippen LogP contribution in [0.2, 0.25) is 0 Å². The lowest BCUT2D eigenvalue weighted by Gasteiger charge is -2.34. The molecule has 2 atom stereocenters. The number of carbonyl (C=O) groups excluding carboxylic acids is 3. The zero-order chi connectivity index (χ0) is 33.1. The molecule has 46 heavy (non-hydrogen) atoms. The van der Waals surface area contributed by atoms with Gasteiger partial charge in [-0.1, -0.05) is 54.6 Å². The van der Waals surface area contributed by atoms with E-state index >= 15 is 0 Å². The number of amides is 3. The average Bonchev–Trinajstić information content (AvgIpc) is 3.59. The number of hydrogen-bond donors (Lipinski definition) is 2. The first-order valence-electron chi connectivity index (χ1n) is 15.6. The van der Waals surface area contributed by atoms with Crippen molar-refractivity contribution in [3.8, 4) is 0 Å². The summed E-state index contributed by atoms with van der Waals surface area (Å²) in [7, 11) is 5.22. The summed E-state index contributed by atoms with van der Waals surface area (Å²) in [6.07, 6.45) is 8.81. The Morgan fingerprint density at radius 1 is 0.891 bits per heavy atom. The van der Waals surface area contributed by atoms with Crippen molar-refractivity contribution in [2.24, 2.45) is 0 Å². The number of nitrogens with zero attached hydrogens (tertiary/aromatic N) is 3. The van der Waals surface area contributed by atoms with Crippen LogP contribution in [-0.2, 0) is 33.6 Å². The van der Waals surface area contributed by atoms with Crippen LogP contribution in [0.15, 0.2) is 96.7 Å². The molecule has 2 heterocycles. The van der Waals surface area contributed by atoms with E-state index in [1.807, 2.05) is 79.2 Å². The average molecular weight is 640 g/mol. The molecular weight excluding hydrogens is 595 g/mol. The van der Waals surface area contributed by atoms with Crippen LogP contribution in [0, 0.1) is 0 Å². The maximum absolute atomic E-state index is 14.4. The Hall–Kier alpha value is -4.34. The van der Waals surface area contributed by atoms with E-state index in [0.29, 0.717) is 32.2 Å². The highest BCUT2D eigenvalue weighted by Crippen LogP contribution is 2.21. The second kappa shape index (κ2) is 16.3. The minimum Gasteiger partial charge on any atom is -0.354 e. The van der Waals surface area contributed by atoms with Gasteiger partial charge in [0, 0.05) is 56.3 Å². The highest BCUT2D eigenvalue weighted by Gasteiger charge is 2.35. The van der Waals surface area contributed by atoms with Crippen LogP contribution in [-0.4, -0.2) is 77.8 Å². The Kier molecular flexibility index (Phi) is 12.2. The van der Waals surface area contributed by atoms with E-state index in [4.69, 9.17) is 0 Å². The predicted octanol–water partition coefficient (Wildman–Crippen LogP) is 5.04. The van der Waals surface area contributed by atoms with E-state index in [1.54, 1.807) is 37.8 Å². The van der Waals surface area contributed by atoms with E-state index in [-0.39, 0.29) is 23.3 Å². The van der Waals surface area contributed by atoms with Gasteiger partial charge in [0.25, 0.3) is 0 Å². The van der Waals surface area contributed by atoms with Crippen LogP contribution in [0.25, 0.3) is 10.8 Å². The third kappa shape index (κ3) is 9.58. The molecule has 2 aromatic heterocycles. The summed E-state index contributed by atoms with van der Waals surface area (Å²) >= 11 is 1.55. The lowest BCUT2D eigenvalue weighted by molar-refractivity contribution is -0.146. The molecule has 9 heteroatoms. The molecule has 0 saturated heterocycles. The lowest BCUT2D eigenvalue weighted by atomic mass is 9.98. The molecule has 0 fully saturated rings. The number of likely N-dealkylation sites (N-methyl/N-ethyl adjacent to an activating group) is 2. The summed E-state index contributed by atoms with van der Waals surface area (Å²) < 4.78 is 0. The van der Waals surface area contributed by atoms with E-state index in [2.05, 4.69) is 35.5 Å². The van der Waals surface area contributed by atoms with Crippen LogP contribution in [0.5, 0.6) is 0 Å². The maximum Gasteiger partial charge on any atom is 0.246 e. The monoisotopic (exact) mass is 639 g/mol. The fourth-order valence-electron chi connectivity index (χ4n) is 5.22. The highest BCUT2D eigenvalue weighted by atomic mass is 32.1. The van der Waals surface area contributed by atoms with Gasteiger partial charge in [-0.25, -0.2) is 0 Å². The largest absolute Gasteiger partial charge is 0.354 e. The van der Waals surface area contributed by atoms with Crippen LogP contribution in [0.1, 0.15) is 36.3 Å². The molecule has 0 aliphatic carbocycles. The number of rotatable bonds is 15. The lowest BCUT2D eigenvalue weighted by Crippen LogP contribution is -2.56. The molecule has 8 nitrogen and oxygen atoms in total. The summed E-state index contributed by atoms with van der Waals surface area (Å²) in [6, 6.07) is 20.3. The van der Waals surface area contributed by atoms with Gasteiger partial charge in [-0.15, -0.1) is 11.3 Å². The zero-order valence-electron chi connectivity index (χ0n) is 27.4. The SMILES string of the molecule is CNC(C)(C)C/C=C/C(=O)N(C)C(Cc1ccc2ccccc2c1)C(=O)N(C)C(Cc1cccs1)C(=O)NCCc1ccncc1. The Balaban J connectivity index is 1.59. The molecule has 2 aromatic carbocycles. The fourth-order valence-corrected chi connectivity index (χ4v) is 5.96. The van der Waals surface area contributed by atoms with Crippen LogP contribution < -0.4 is 10.6 Å². The number of thiophene rings is 1. The first-order chi connectivity index (χ1) is 22.1. The Morgan fingerprint density at radius 3 is 2.33 bits per heavy atom. The first-order valence-corrected chi connectivity index (χ1v) is 16.5. The summed E-state index contributed by atoms with van der Waals surface area (Å²) in [6.45, 7) is 4.54. The Morgan fingerprint density at radius 2 is 1.63 bits per heavy atom. The fraction of sp³-hybridized carbons (Fsp3) is 0.351. The van der Waals surface area contributed by atoms with Gasteiger partial charge in [0.2, 0.25) is 17.7 Å². The van der Waals surface area contributed by atoms with Crippen LogP contribution >= 0.6 is 11.3 Å². The molecule has 0 spiro atoms. The predicted molar refractivity (Wildman–Crippen MR) is 187 cm³/mol. The quantitative estimate of drug-likeness (QED) is 0.178. The summed E-state index contributed by atoms with van der Waals surface area (Å²) in [4.78, 5) is 49.7. The van der Waals surface area contributed by atoms with E-state index in [0.717, 1.165) is 26.8 Å². The molecule has 2 unspecified atom stereocenters. The van der Waals surface area contributed by atoms with E-state index in [9.17, 15) is 14.4 Å².